The molecule has 0 amide bonds. The lowest BCUT2D eigenvalue weighted by Gasteiger charge is -2.12. The second kappa shape index (κ2) is 7.90. The number of benzene rings is 1. The molecule has 0 radical (unpaired) electrons. The Labute approximate surface area is 177 Å². The predicted octanol–water partition coefficient (Wildman–Crippen LogP) is 5.26. The van der Waals surface area contributed by atoms with E-state index in [2.05, 4.69) is 15.0 Å². The molecule has 0 aliphatic heterocycles. The first-order valence-electron chi connectivity index (χ1n) is 8.83. The van der Waals surface area contributed by atoms with Crippen molar-refractivity contribution in [2.24, 2.45) is 0 Å². The molecule has 0 N–H and O–H groups in total. The van der Waals surface area contributed by atoms with Gasteiger partial charge in [0.25, 0.3) is 0 Å². The molecule has 154 valence electrons. The van der Waals surface area contributed by atoms with E-state index in [0.717, 1.165) is 23.5 Å². The molecule has 5 nitrogen and oxygen atoms in total. The molecule has 4 rings (SSSR count). The Balaban J connectivity index is 1.83. The van der Waals surface area contributed by atoms with Crippen LogP contribution in [0.1, 0.15) is 12.6 Å². The molecule has 0 aliphatic carbocycles. The van der Waals surface area contributed by atoms with Crippen LogP contribution in [0.5, 0.6) is 0 Å². The number of halogens is 4. The number of rotatable bonds is 4. The van der Waals surface area contributed by atoms with Gasteiger partial charge >= 0.3 is 6.18 Å². The number of fused-ring (bicyclic) bond motifs is 1. The van der Waals surface area contributed by atoms with Crippen molar-refractivity contribution in [2.45, 2.75) is 18.0 Å². The van der Waals surface area contributed by atoms with Gasteiger partial charge in [-0.05, 0) is 35.8 Å². The molecule has 3 heterocycles. The Hall–Kier alpha value is -2.62. The summed E-state index contributed by atoms with van der Waals surface area (Å²) in [6, 6.07) is 9.78. The summed E-state index contributed by atoms with van der Waals surface area (Å²) in [6.07, 6.45) is -0.411. The van der Waals surface area contributed by atoms with E-state index in [1.807, 2.05) is 6.07 Å². The van der Waals surface area contributed by atoms with Gasteiger partial charge < -0.3 is 4.55 Å². The van der Waals surface area contributed by atoms with Crippen molar-refractivity contribution >= 4 is 28.4 Å². The lowest BCUT2D eigenvalue weighted by atomic mass is 10.1. The van der Waals surface area contributed by atoms with Crippen LogP contribution in [0.4, 0.5) is 13.2 Å². The van der Waals surface area contributed by atoms with Crippen LogP contribution >= 0.6 is 11.6 Å². The molecule has 3 aromatic heterocycles. The first-order valence-corrected chi connectivity index (χ1v) is 10.5. The van der Waals surface area contributed by atoms with E-state index in [-0.39, 0.29) is 5.65 Å². The van der Waals surface area contributed by atoms with Gasteiger partial charge in [-0.25, -0.2) is 15.0 Å². The van der Waals surface area contributed by atoms with Gasteiger partial charge in [0.1, 0.15) is 34.8 Å². The van der Waals surface area contributed by atoms with Crippen molar-refractivity contribution in [3.63, 3.8) is 0 Å². The lowest BCUT2D eigenvalue weighted by Crippen LogP contribution is -2.08. The fourth-order valence-corrected chi connectivity index (χ4v) is 4.08. The maximum absolute atomic E-state index is 12.9. The smallest absolute Gasteiger partial charge is 0.433 e. The molecule has 0 aliphatic rings. The number of aromatic nitrogens is 4. The third kappa shape index (κ3) is 4.00. The summed E-state index contributed by atoms with van der Waals surface area (Å²) in [4.78, 5) is 12.6. The number of nitrogens with zero attached hydrogens (tertiary/aromatic N) is 4. The zero-order valence-electron chi connectivity index (χ0n) is 15.5. The molecule has 10 heteroatoms. The Morgan fingerprint density at radius 2 is 1.93 bits per heavy atom. The van der Waals surface area contributed by atoms with Crippen molar-refractivity contribution in [1.82, 2.24) is 19.4 Å². The molecule has 0 fully saturated rings. The number of imidazole rings is 1. The summed E-state index contributed by atoms with van der Waals surface area (Å²) in [7, 11) is 0. The first kappa shape index (κ1) is 20.6. The Morgan fingerprint density at radius 3 is 2.63 bits per heavy atom. The minimum absolute atomic E-state index is 0.0706. The minimum atomic E-state index is -4.57. The summed E-state index contributed by atoms with van der Waals surface area (Å²) in [6.45, 7) is 1.77. The van der Waals surface area contributed by atoms with Crippen LogP contribution in [0.2, 0.25) is 5.02 Å². The Kier molecular flexibility index (Phi) is 5.44. The Morgan fingerprint density at radius 1 is 1.13 bits per heavy atom. The summed E-state index contributed by atoms with van der Waals surface area (Å²) in [5, 5.41) is 0.558. The average Bonchev–Trinajstić information content (AvgIpc) is 3.15. The molecule has 1 aromatic carbocycles. The standard InChI is InChI=1S/C20H14ClF3N4OS/c1-2-30(29)16-7-13(12-4-3-5-14(21)6-12)9-25-19(16)15-10-28-11-26-17(20(22,23)24)8-18(28)27-15/h3-11H,2H2,1H3. The van der Waals surface area contributed by atoms with Gasteiger partial charge in [0.05, 0.1) is 0 Å². The van der Waals surface area contributed by atoms with Gasteiger partial charge in [0.15, 0.2) is 4.90 Å². The SMILES string of the molecule is CC[S+]([O-])c1cc(-c2cccc(Cl)c2)cnc1-c1cn2cnc(C(F)(F)F)cc2n1. The molecule has 1 atom stereocenters. The number of hydrogen-bond donors (Lipinski definition) is 0. The highest BCUT2D eigenvalue weighted by Gasteiger charge is 2.33. The first-order chi connectivity index (χ1) is 14.3. The van der Waals surface area contributed by atoms with Crippen LogP contribution in [0.15, 0.2) is 60.0 Å². The van der Waals surface area contributed by atoms with Crippen LogP contribution in [0.3, 0.4) is 0 Å². The van der Waals surface area contributed by atoms with Gasteiger partial charge in [-0.1, -0.05) is 23.7 Å². The van der Waals surface area contributed by atoms with Crippen molar-refractivity contribution in [1.29, 1.82) is 0 Å². The number of pyridine rings is 1. The fraction of sp³-hybridized carbons (Fsp3) is 0.150. The molecule has 4 aromatic rings. The van der Waals surface area contributed by atoms with E-state index in [4.69, 9.17) is 11.6 Å². The molecular formula is C20H14ClF3N4OS. The second-order valence-electron chi connectivity index (χ2n) is 6.38. The largest absolute Gasteiger partial charge is 0.611 e. The van der Waals surface area contributed by atoms with Crippen molar-refractivity contribution in [2.75, 3.05) is 5.75 Å². The van der Waals surface area contributed by atoms with Crippen molar-refractivity contribution in [3.8, 4) is 22.5 Å². The molecule has 0 saturated heterocycles. The van der Waals surface area contributed by atoms with Gasteiger partial charge in [0.2, 0.25) is 0 Å². The van der Waals surface area contributed by atoms with Gasteiger partial charge in [-0.3, -0.25) is 4.40 Å². The third-order valence-electron chi connectivity index (χ3n) is 4.40. The maximum Gasteiger partial charge on any atom is 0.433 e. The minimum Gasteiger partial charge on any atom is -0.611 e. The highest BCUT2D eigenvalue weighted by molar-refractivity contribution is 7.91. The van der Waals surface area contributed by atoms with Crippen LogP contribution in [0, 0.1) is 0 Å². The van der Waals surface area contributed by atoms with Crippen LogP contribution in [-0.4, -0.2) is 29.7 Å². The predicted molar refractivity (Wildman–Crippen MR) is 109 cm³/mol. The summed E-state index contributed by atoms with van der Waals surface area (Å²) in [5.74, 6) is 0.348. The van der Waals surface area contributed by atoms with E-state index in [1.165, 1.54) is 10.6 Å². The highest BCUT2D eigenvalue weighted by Crippen LogP contribution is 2.32. The summed E-state index contributed by atoms with van der Waals surface area (Å²) < 4.78 is 52.9. The monoisotopic (exact) mass is 450 g/mol. The van der Waals surface area contributed by atoms with Gasteiger partial charge in [0, 0.05) is 35.1 Å². The maximum atomic E-state index is 12.9. The van der Waals surface area contributed by atoms with Gasteiger partial charge in [-0.15, -0.1) is 0 Å². The van der Waals surface area contributed by atoms with Crippen LogP contribution in [0.25, 0.3) is 28.2 Å². The quantitative estimate of drug-likeness (QED) is 0.398. The van der Waals surface area contributed by atoms with Crippen molar-refractivity contribution < 1.29 is 17.7 Å². The van der Waals surface area contributed by atoms with Crippen LogP contribution < -0.4 is 0 Å². The Bertz CT molecular complexity index is 1230. The average molecular weight is 451 g/mol. The number of alkyl halides is 3. The normalized spacial score (nSPS) is 13.0. The highest BCUT2D eigenvalue weighted by atomic mass is 35.5. The zero-order valence-corrected chi connectivity index (χ0v) is 17.1. The fourth-order valence-electron chi connectivity index (χ4n) is 2.95. The molecule has 30 heavy (non-hydrogen) atoms. The molecule has 1 unspecified atom stereocenters. The van der Waals surface area contributed by atoms with Crippen molar-refractivity contribution in [3.05, 3.63) is 65.8 Å². The topological polar surface area (TPSA) is 66.1 Å². The molecule has 0 saturated carbocycles. The van der Waals surface area contributed by atoms with E-state index in [1.54, 1.807) is 37.4 Å². The van der Waals surface area contributed by atoms with E-state index in [9.17, 15) is 17.7 Å². The van der Waals surface area contributed by atoms with Gasteiger partial charge in [-0.2, -0.15) is 13.2 Å². The number of hydrogen-bond acceptors (Lipinski definition) is 4. The molecule has 0 spiro atoms. The molecular weight excluding hydrogens is 437 g/mol. The van der Waals surface area contributed by atoms with E-state index in [0.29, 0.717) is 27.1 Å². The zero-order chi connectivity index (χ0) is 21.5. The van der Waals surface area contributed by atoms with Crippen LogP contribution in [-0.2, 0) is 17.4 Å². The second-order valence-corrected chi connectivity index (χ2v) is 8.52. The summed E-state index contributed by atoms with van der Waals surface area (Å²) >= 11 is 4.69. The molecule has 0 bridgehead atoms. The van der Waals surface area contributed by atoms with E-state index >= 15 is 0 Å². The van der Waals surface area contributed by atoms with E-state index < -0.39 is 23.0 Å². The third-order valence-corrected chi connectivity index (χ3v) is 5.96. The summed E-state index contributed by atoms with van der Waals surface area (Å²) in [5.41, 5.74) is 1.23. The lowest BCUT2D eigenvalue weighted by molar-refractivity contribution is -0.141.